The first-order chi connectivity index (χ1) is 8.15. The molecule has 0 aromatic carbocycles. The second-order valence-corrected chi connectivity index (χ2v) is 5.77. The number of hydrogen-bond acceptors (Lipinski definition) is 3. The van der Waals surface area contributed by atoms with Crippen molar-refractivity contribution < 1.29 is 14.6 Å². The minimum Gasteiger partial charge on any atom is -0.396 e. The first kappa shape index (κ1) is 13.3. The van der Waals surface area contributed by atoms with Gasteiger partial charge in [-0.15, -0.1) is 0 Å². The molecule has 4 atom stereocenters. The molecule has 100 valence electrons. The van der Waals surface area contributed by atoms with Gasteiger partial charge in [-0.25, -0.2) is 0 Å². The summed E-state index contributed by atoms with van der Waals surface area (Å²) in [6.07, 6.45) is 8.01. The van der Waals surface area contributed by atoms with Gasteiger partial charge in [-0.3, -0.25) is 0 Å². The summed E-state index contributed by atoms with van der Waals surface area (Å²) in [6, 6.07) is 0. The van der Waals surface area contributed by atoms with Crippen molar-refractivity contribution in [1.29, 1.82) is 0 Å². The van der Waals surface area contributed by atoms with Crippen LogP contribution in [0.4, 0.5) is 0 Å². The van der Waals surface area contributed by atoms with E-state index >= 15 is 0 Å². The Hall–Kier alpha value is -0.120. The van der Waals surface area contributed by atoms with Crippen LogP contribution in [0.3, 0.4) is 0 Å². The van der Waals surface area contributed by atoms with Crippen LogP contribution in [0.15, 0.2) is 0 Å². The van der Waals surface area contributed by atoms with Crippen LogP contribution in [-0.2, 0) is 9.47 Å². The van der Waals surface area contributed by atoms with E-state index in [1.807, 2.05) is 0 Å². The van der Waals surface area contributed by atoms with E-state index in [1.54, 1.807) is 0 Å². The van der Waals surface area contributed by atoms with Crippen molar-refractivity contribution in [3.8, 4) is 0 Å². The van der Waals surface area contributed by atoms with Crippen molar-refractivity contribution in [2.45, 2.75) is 76.8 Å². The minimum absolute atomic E-state index is 0.261. The van der Waals surface area contributed by atoms with Crippen molar-refractivity contribution in [3.63, 3.8) is 0 Å². The fraction of sp³-hybridized carbons (Fsp3) is 1.00. The highest BCUT2D eigenvalue weighted by Crippen LogP contribution is 2.41. The summed E-state index contributed by atoms with van der Waals surface area (Å²) in [6.45, 7) is 4.66. The van der Waals surface area contributed by atoms with E-state index < -0.39 is 0 Å². The molecular formula is C14H26O3. The Balaban J connectivity index is 1.95. The number of hydrogen-bond donors (Lipinski definition) is 1. The third-order valence-corrected chi connectivity index (χ3v) is 4.21. The monoisotopic (exact) mass is 242 g/mol. The van der Waals surface area contributed by atoms with Crippen LogP contribution in [0.5, 0.6) is 0 Å². The Kier molecular flexibility index (Phi) is 4.45. The van der Waals surface area contributed by atoms with E-state index in [2.05, 4.69) is 13.8 Å². The lowest BCUT2D eigenvalue weighted by Crippen LogP contribution is -2.49. The average Bonchev–Trinajstić information content (AvgIpc) is 2.31. The van der Waals surface area contributed by atoms with Crippen molar-refractivity contribution in [3.05, 3.63) is 0 Å². The standard InChI is InChI=1S/C14H26O3/c1-11-7-9-14(8-3-5-12(2)16-14)17-13(11)6-4-10-15/h11-13,15H,3-10H2,1-2H3/t11-,12+,13+,14-/m0/s1. The second-order valence-electron chi connectivity index (χ2n) is 5.77. The normalized spacial score (nSPS) is 42.9. The van der Waals surface area contributed by atoms with Gasteiger partial charge in [0.15, 0.2) is 5.79 Å². The van der Waals surface area contributed by atoms with E-state index in [1.165, 1.54) is 12.8 Å². The van der Waals surface area contributed by atoms with Gasteiger partial charge < -0.3 is 14.6 Å². The Morgan fingerprint density at radius 3 is 2.71 bits per heavy atom. The number of ether oxygens (including phenoxy) is 2. The fourth-order valence-corrected chi connectivity index (χ4v) is 3.13. The predicted molar refractivity (Wildman–Crippen MR) is 66.7 cm³/mol. The maximum atomic E-state index is 8.94. The molecule has 2 aliphatic rings. The molecule has 17 heavy (non-hydrogen) atoms. The second kappa shape index (κ2) is 5.68. The van der Waals surface area contributed by atoms with E-state index in [4.69, 9.17) is 14.6 Å². The highest BCUT2D eigenvalue weighted by Gasteiger charge is 2.43. The van der Waals surface area contributed by atoms with Crippen LogP contribution in [0, 0.1) is 5.92 Å². The van der Waals surface area contributed by atoms with Crippen molar-refractivity contribution in [2.24, 2.45) is 5.92 Å². The van der Waals surface area contributed by atoms with Gasteiger partial charge in [0.2, 0.25) is 0 Å². The largest absolute Gasteiger partial charge is 0.396 e. The smallest absolute Gasteiger partial charge is 0.169 e. The van der Waals surface area contributed by atoms with Gasteiger partial charge in [-0.1, -0.05) is 6.92 Å². The fourth-order valence-electron chi connectivity index (χ4n) is 3.13. The first-order valence-corrected chi connectivity index (χ1v) is 7.12. The van der Waals surface area contributed by atoms with Crippen molar-refractivity contribution >= 4 is 0 Å². The van der Waals surface area contributed by atoms with E-state index in [0.29, 0.717) is 12.0 Å². The zero-order chi connectivity index (χ0) is 12.3. The Morgan fingerprint density at radius 1 is 1.18 bits per heavy atom. The molecule has 0 saturated carbocycles. The molecule has 0 aliphatic carbocycles. The summed E-state index contributed by atoms with van der Waals surface area (Å²) in [5.74, 6) is 0.289. The Bertz CT molecular complexity index is 244. The molecule has 0 radical (unpaired) electrons. The van der Waals surface area contributed by atoms with Gasteiger partial charge in [0, 0.05) is 19.4 Å². The van der Waals surface area contributed by atoms with Crippen LogP contribution in [0.2, 0.25) is 0 Å². The minimum atomic E-state index is -0.301. The van der Waals surface area contributed by atoms with Crippen LogP contribution in [-0.4, -0.2) is 29.7 Å². The van der Waals surface area contributed by atoms with Crippen molar-refractivity contribution in [2.75, 3.05) is 6.61 Å². The molecule has 3 heteroatoms. The molecule has 2 rings (SSSR count). The molecular weight excluding hydrogens is 216 g/mol. The van der Waals surface area contributed by atoms with Gasteiger partial charge >= 0.3 is 0 Å². The molecule has 2 aliphatic heterocycles. The molecule has 0 amide bonds. The van der Waals surface area contributed by atoms with Crippen molar-refractivity contribution in [1.82, 2.24) is 0 Å². The van der Waals surface area contributed by atoms with Gasteiger partial charge in [-0.05, 0) is 44.9 Å². The topological polar surface area (TPSA) is 38.7 Å². The summed E-state index contributed by atoms with van der Waals surface area (Å²) in [7, 11) is 0. The van der Waals surface area contributed by atoms with Gasteiger partial charge in [0.1, 0.15) is 0 Å². The Labute approximate surface area is 104 Å². The molecule has 2 fully saturated rings. The van der Waals surface area contributed by atoms with Crippen LogP contribution >= 0.6 is 0 Å². The zero-order valence-electron chi connectivity index (χ0n) is 11.2. The number of rotatable bonds is 3. The maximum absolute atomic E-state index is 8.94. The molecule has 1 N–H and O–H groups in total. The number of aliphatic hydroxyl groups is 1. The average molecular weight is 242 g/mol. The van der Waals surface area contributed by atoms with Gasteiger partial charge in [0.05, 0.1) is 12.2 Å². The molecule has 0 aromatic rings. The van der Waals surface area contributed by atoms with E-state index in [9.17, 15) is 0 Å². The lowest BCUT2D eigenvalue weighted by molar-refractivity contribution is -0.321. The molecule has 3 nitrogen and oxygen atoms in total. The lowest BCUT2D eigenvalue weighted by atomic mass is 9.86. The van der Waals surface area contributed by atoms with E-state index in [0.717, 1.165) is 32.1 Å². The molecule has 2 heterocycles. The number of aliphatic hydroxyl groups excluding tert-OH is 1. The molecule has 2 saturated heterocycles. The molecule has 0 aromatic heterocycles. The zero-order valence-corrected chi connectivity index (χ0v) is 11.2. The molecule has 0 bridgehead atoms. The van der Waals surface area contributed by atoms with Crippen LogP contribution < -0.4 is 0 Å². The summed E-state index contributed by atoms with van der Waals surface area (Å²) in [5.41, 5.74) is 0. The van der Waals surface area contributed by atoms with E-state index in [-0.39, 0.29) is 18.5 Å². The maximum Gasteiger partial charge on any atom is 0.169 e. The van der Waals surface area contributed by atoms with Crippen LogP contribution in [0.25, 0.3) is 0 Å². The van der Waals surface area contributed by atoms with Crippen LogP contribution in [0.1, 0.15) is 58.8 Å². The lowest BCUT2D eigenvalue weighted by Gasteiger charge is -2.47. The third-order valence-electron chi connectivity index (χ3n) is 4.21. The SMILES string of the molecule is C[C@@H]1CCC[C@]2(CC[C@H](C)[C@@H](CCCO)O2)O1. The third kappa shape index (κ3) is 3.21. The summed E-state index contributed by atoms with van der Waals surface area (Å²) in [4.78, 5) is 0. The highest BCUT2D eigenvalue weighted by atomic mass is 16.7. The summed E-state index contributed by atoms with van der Waals surface area (Å²) < 4.78 is 12.4. The van der Waals surface area contributed by atoms with Gasteiger partial charge in [-0.2, -0.15) is 0 Å². The predicted octanol–water partition coefficient (Wildman–Crippen LogP) is 2.86. The molecule has 1 spiro atoms. The Morgan fingerprint density at radius 2 is 2.00 bits per heavy atom. The van der Waals surface area contributed by atoms with Gasteiger partial charge in [0.25, 0.3) is 0 Å². The molecule has 0 unspecified atom stereocenters. The summed E-state index contributed by atoms with van der Waals surface area (Å²) >= 11 is 0. The quantitative estimate of drug-likeness (QED) is 0.827. The first-order valence-electron chi connectivity index (χ1n) is 7.12. The highest BCUT2D eigenvalue weighted by molar-refractivity contribution is 4.85. The summed E-state index contributed by atoms with van der Waals surface area (Å²) in [5, 5.41) is 8.94.